The zero-order valence-electron chi connectivity index (χ0n) is 6.47. The van der Waals surface area contributed by atoms with Gasteiger partial charge in [-0.2, -0.15) is 13.2 Å². The van der Waals surface area contributed by atoms with Crippen molar-refractivity contribution in [1.29, 1.82) is 0 Å². The molecule has 0 spiro atoms. The predicted octanol–water partition coefficient (Wildman–Crippen LogP) is 1.94. The smallest absolute Gasteiger partial charge is 0.433 e. The van der Waals surface area contributed by atoms with Crippen LogP contribution in [0.25, 0.3) is 0 Å². The highest BCUT2D eigenvalue weighted by molar-refractivity contribution is 5.87. The van der Waals surface area contributed by atoms with Crippen LogP contribution >= 0.6 is 0 Å². The Hall–Kier alpha value is -1.66. The summed E-state index contributed by atoms with van der Waals surface area (Å²) in [6.07, 6.45) is -4.45. The molecule has 0 aromatic carbocycles. The summed E-state index contributed by atoms with van der Waals surface area (Å²) in [6.45, 7) is 0. The lowest BCUT2D eigenvalue weighted by molar-refractivity contribution is -0.141. The molecule has 76 valence electrons. The van der Waals surface area contributed by atoms with Gasteiger partial charge in [0.25, 0.3) is 0 Å². The van der Waals surface area contributed by atoms with Crippen LogP contribution < -0.4 is 0 Å². The molecule has 1 aromatic rings. The number of nitrogens with zero attached hydrogens (tertiary/aromatic N) is 1. The fraction of sp³-hybridized carbons (Fsp3) is 0.143. The first-order chi connectivity index (χ1) is 6.32. The van der Waals surface area contributed by atoms with Gasteiger partial charge in [-0.05, 0) is 0 Å². The second-order valence-electron chi connectivity index (χ2n) is 2.35. The average molecular weight is 209 g/mol. The maximum absolute atomic E-state index is 12.7. The van der Waals surface area contributed by atoms with Gasteiger partial charge >= 0.3 is 12.1 Å². The molecule has 1 aromatic heterocycles. The monoisotopic (exact) mass is 209 g/mol. The molecular formula is C7H3F4NO2. The summed E-state index contributed by atoms with van der Waals surface area (Å²) in [5.41, 5.74) is -2.35. The number of carboxylic acid groups (broad SMARTS) is 1. The van der Waals surface area contributed by atoms with Crippen LogP contribution in [-0.4, -0.2) is 16.1 Å². The SMILES string of the molecule is O=C(O)c1cnc(C(F)(F)F)cc1F. The van der Waals surface area contributed by atoms with Gasteiger partial charge in [-0.15, -0.1) is 0 Å². The van der Waals surface area contributed by atoms with Crippen molar-refractivity contribution in [3.63, 3.8) is 0 Å². The Balaban J connectivity index is 3.20. The summed E-state index contributed by atoms with van der Waals surface area (Å²) < 4.78 is 48.5. The molecule has 0 bridgehead atoms. The average Bonchev–Trinajstić information content (AvgIpc) is 2.01. The fourth-order valence-corrected chi connectivity index (χ4v) is 0.743. The number of carboxylic acids is 1. The van der Waals surface area contributed by atoms with E-state index in [0.29, 0.717) is 6.20 Å². The molecule has 0 unspecified atom stereocenters. The molecule has 1 rings (SSSR count). The zero-order valence-corrected chi connectivity index (χ0v) is 6.47. The number of halogens is 4. The summed E-state index contributed by atoms with van der Waals surface area (Å²) in [6, 6.07) is 0.0451. The largest absolute Gasteiger partial charge is 0.478 e. The minimum Gasteiger partial charge on any atom is -0.478 e. The van der Waals surface area contributed by atoms with E-state index in [-0.39, 0.29) is 6.07 Å². The van der Waals surface area contributed by atoms with E-state index >= 15 is 0 Å². The van der Waals surface area contributed by atoms with Crippen LogP contribution in [0.3, 0.4) is 0 Å². The van der Waals surface area contributed by atoms with Crippen molar-refractivity contribution in [2.24, 2.45) is 0 Å². The minimum absolute atomic E-state index is 0.0451. The maximum atomic E-state index is 12.7. The number of carbonyl (C=O) groups is 1. The molecule has 0 saturated heterocycles. The van der Waals surface area contributed by atoms with Crippen molar-refractivity contribution < 1.29 is 27.5 Å². The van der Waals surface area contributed by atoms with E-state index in [2.05, 4.69) is 4.98 Å². The summed E-state index contributed by atoms with van der Waals surface area (Å²) in [7, 11) is 0. The summed E-state index contributed by atoms with van der Waals surface area (Å²) >= 11 is 0. The third-order valence-corrected chi connectivity index (χ3v) is 1.37. The van der Waals surface area contributed by atoms with E-state index in [9.17, 15) is 22.4 Å². The molecule has 7 heteroatoms. The molecule has 0 atom stereocenters. The zero-order chi connectivity index (χ0) is 10.9. The first-order valence-corrected chi connectivity index (χ1v) is 3.28. The topological polar surface area (TPSA) is 50.2 Å². The van der Waals surface area contributed by atoms with E-state index in [1.54, 1.807) is 0 Å². The minimum atomic E-state index is -4.78. The first-order valence-electron chi connectivity index (χ1n) is 3.28. The Morgan fingerprint density at radius 2 is 2.00 bits per heavy atom. The Morgan fingerprint density at radius 1 is 1.43 bits per heavy atom. The third-order valence-electron chi connectivity index (χ3n) is 1.37. The van der Waals surface area contributed by atoms with Crippen molar-refractivity contribution in [2.45, 2.75) is 6.18 Å². The molecule has 0 amide bonds. The maximum Gasteiger partial charge on any atom is 0.433 e. The molecule has 0 aliphatic heterocycles. The summed E-state index contributed by atoms with van der Waals surface area (Å²) in [4.78, 5) is 13.0. The number of pyridine rings is 1. The van der Waals surface area contributed by atoms with Crippen LogP contribution in [0, 0.1) is 5.82 Å². The molecule has 1 heterocycles. The lowest BCUT2D eigenvalue weighted by Crippen LogP contribution is -2.11. The number of hydrogen-bond donors (Lipinski definition) is 1. The van der Waals surface area contributed by atoms with Gasteiger partial charge in [-0.1, -0.05) is 0 Å². The Kier molecular flexibility index (Phi) is 2.41. The van der Waals surface area contributed by atoms with Gasteiger partial charge < -0.3 is 5.11 Å². The van der Waals surface area contributed by atoms with Gasteiger partial charge in [0.1, 0.15) is 17.1 Å². The molecule has 1 N–H and O–H groups in total. The number of alkyl halides is 3. The highest BCUT2D eigenvalue weighted by Gasteiger charge is 2.33. The van der Waals surface area contributed by atoms with Crippen LogP contribution in [-0.2, 0) is 6.18 Å². The van der Waals surface area contributed by atoms with Gasteiger partial charge in [-0.25, -0.2) is 9.18 Å². The first kappa shape index (κ1) is 10.4. The van der Waals surface area contributed by atoms with Gasteiger partial charge in [-0.3, -0.25) is 4.98 Å². The molecule has 3 nitrogen and oxygen atoms in total. The number of hydrogen-bond acceptors (Lipinski definition) is 2. The Bertz CT molecular complexity index is 374. The van der Waals surface area contributed by atoms with Gasteiger partial charge in [0.15, 0.2) is 0 Å². The highest BCUT2D eigenvalue weighted by atomic mass is 19.4. The van der Waals surface area contributed by atoms with Crippen LogP contribution in [0.1, 0.15) is 16.1 Å². The number of aromatic carboxylic acids is 1. The molecule has 0 saturated carbocycles. The normalized spacial score (nSPS) is 11.4. The lowest BCUT2D eigenvalue weighted by atomic mass is 10.2. The van der Waals surface area contributed by atoms with Gasteiger partial charge in [0.05, 0.1) is 0 Å². The second-order valence-corrected chi connectivity index (χ2v) is 2.35. The number of aromatic nitrogens is 1. The summed E-state index contributed by atoms with van der Waals surface area (Å²) in [5, 5.41) is 8.30. The fourth-order valence-electron chi connectivity index (χ4n) is 0.743. The van der Waals surface area contributed by atoms with Crippen molar-refractivity contribution in [1.82, 2.24) is 4.98 Å². The Morgan fingerprint density at radius 3 is 2.36 bits per heavy atom. The molecule has 14 heavy (non-hydrogen) atoms. The molecule has 0 radical (unpaired) electrons. The van der Waals surface area contributed by atoms with Gasteiger partial charge in [0.2, 0.25) is 0 Å². The third kappa shape index (κ3) is 1.98. The van der Waals surface area contributed by atoms with E-state index in [0.717, 1.165) is 0 Å². The molecule has 0 aliphatic rings. The van der Waals surface area contributed by atoms with Crippen molar-refractivity contribution in [2.75, 3.05) is 0 Å². The molecular weight excluding hydrogens is 206 g/mol. The van der Waals surface area contributed by atoms with Crippen molar-refractivity contribution in [3.05, 3.63) is 29.3 Å². The van der Waals surface area contributed by atoms with Crippen LogP contribution in [0.2, 0.25) is 0 Å². The summed E-state index contributed by atoms with van der Waals surface area (Å²) in [5.74, 6) is -3.12. The van der Waals surface area contributed by atoms with E-state index in [4.69, 9.17) is 5.11 Å². The van der Waals surface area contributed by atoms with Crippen molar-refractivity contribution >= 4 is 5.97 Å². The Labute approximate surface area is 75.0 Å². The van der Waals surface area contributed by atoms with Crippen LogP contribution in [0.5, 0.6) is 0 Å². The van der Waals surface area contributed by atoms with Crippen LogP contribution in [0.15, 0.2) is 12.3 Å². The molecule has 0 fully saturated rings. The second kappa shape index (κ2) is 3.24. The highest BCUT2D eigenvalue weighted by Crippen LogP contribution is 2.28. The van der Waals surface area contributed by atoms with E-state index in [1.165, 1.54) is 0 Å². The van der Waals surface area contributed by atoms with Gasteiger partial charge in [0, 0.05) is 12.3 Å². The number of rotatable bonds is 1. The quantitative estimate of drug-likeness (QED) is 0.719. The van der Waals surface area contributed by atoms with E-state index < -0.39 is 29.2 Å². The lowest BCUT2D eigenvalue weighted by Gasteiger charge is -2.05. The standard InChI is InChI=1S/C7H3F4NO2/c8-4-1-5(7(9,10)11)12-2-3(4)6(13)14/h1-2H,(H,13,14). The predicted molar refractivity (Wildman–Crippen MR) is 36.2 cm³/mol. The van der Waals surface area contributed by atoms with E-state index in [1.807, 2.05) is 0 Å². The van der Waals surface area contributed by atoms with Crippen LogP contribution in [0.4, 0.5) is 17.6 Å². The van der Waals surface area contributed by atoms with Crippen molar-refractivity contribution in [3.8, 4) is 0 Å². The molecule has 0 aliphatic carbocycles.